The summed E-state index contributed by atoms with van der Waals surface area (Å²) in [6.45, 7) is 2.20. The molecule has 2 amide bonds. The van der Waals surface area contributed by atoms with Gasteiger partial charge >= 0.3 is 0 Å². The van der Waals surface area contributed by atoms with Crippen LogP contribution in [-0.2, 0) is 9.59 Å². The van der Waals surface area contributed by atoms with Gasteiger partial charge in [-0.05, 0) is 30.7 Å². The molecule has 3 rings (SSSR count). The zero-order chi connectivity index (χ0) is 21.1. The predicted molar refractivity (Wildman–Crippen MR) is 114 cm³/mol. The van der Waals surface area contributed by atoms with Crippen molar-refractivity contribution >= 4 is 46.3 Å². The Morgan fingerprint density at radius 2 is 1.76 bits per heavy atom. The van der Waals surface area contributed by atoms with Crippen LogP contribution in [0.5, 0.6) is 11.5 Å². The molecule has 29 heavy (non-hydrogen) atoms. The molecule has 2 aromatic carbocycles. The van der Waals surface area contributed by atoms with Gasteiger partial charge in [0.1, 0.15) is 17.2 Å². The number of methoxy groups -OCH3 is 2. The van der Waals surface area contributed by atoms with Crippen molar-refractivity contribution in [2.45, 2.75) is 13.3 Å². The third-order valence-corrected chi connectivity index (χ3v) is 5.03. The quantitative estimate of drug-likeness (QED) is 0.644. The molecule has 1 N–H and O–H groups in total. The van der Waals surface area contributed by atoms with Gasteiger partial charge in [-0.2, -0.15) is 0 Å². The highest BCUT2D eigenvalue weighted by atomic mass is 35.5. The van der Waals surface area contributed by atoms with E-state index < -0.39 is 11.8 Å². The smallest absolute Gasteiger partial charge is 0.278 e. The number of nitrogens with zero attached hydrogens (tertiary/aromatic N) is 1. The van der Waals surface area contributed by atoms with Gasteiger partial charge in [-0.25, -0.2) is 0 Å². The Bertz CT molecular complexity index is 1000. The number of carbonyl (C=O) groups excluding carboxylic acids is 2. The molecule has 0 aliphatic carbocycles. The zero-order valence-corrected chi connectivity index (χ0v) is 17.7. The summed E-state index contributed by atoms with van der Waals surface area (Å²) < 4.78 is 10.6. The topological polar surface area (TPSA) is 67.9 Å². The van der Waals surface area contributed by atoms with E-state index in [2.05, 4.69) is 5.32 Å². The first-order valence-electron chi connectivity index (χ1n) is 8.96. The number of carbonyl (C=O) groups is 2. The van der Waals surface area contributed by atoms with Gasteiger partial charge in [-0.15, -0.1) is 0 Å². The molecule has 8 heteroatoms. The number of amides is 2. The van der Waals surface area contributed by atoms with Crippen LogP contribution >= 0.6 is 23.2 Å². The van der Waals surface area contributed by atoms with Crippen LogP contribution in [0.3, 0.4) is 0 Å². The van der Waals surface area contributed by atoms with Gasteiger partial charge in [0.05, 0.1) is 30.5 Å². The lowest BCUT2D eigenvalue weighted by Gasteiger charge is -2.15. The van der Waals surface area contributed by atoms with Crippen molar-refractivity contribution in [2.75, 3.05) is 26.1 Å². The van der Waals surface area contributed by atoms with Crippen LogP contribution in [0.4, 0.5) is 5.69 Å². The van der Waals surface area contributed by atoms with E-state index in [-0.39, 0.29) is 16.3 Å². The Labute approximate surface area is 179 Å². The van der Waals surface area contributed by atoms with Gasteiger partial charge in [0.25, 0.3) is 11.8 Å². The van der Waals surface area contributed by atoms with E-state index in [9.17, 15) is 9.59 Å². The lowest BCUT2D eigenvalue weighted by molar-refractivity contribution is -0.136. The van der Waals surface area contributed by atoms with E-state index in [1.54, 1.807) is 37.4 Å². The molecule has 152 valence electrons. The highest BCUT2D eigenvalue weighted by Crippen LogP contribution is 2.37. The summed E-state index contributed by atoms with van der Waals surface area (Å²) in [6.07, 6.45) is 0.637. The number of rotatable bonds is 7. The number of imide groups is 1. The highest BCUT2D eigenvalue weighted by molar-refractivity contribution is 6.41. The highest BCUT2D eigenvalue weighted by Gasteiger charge is 2.39. The Kier molecular flexibility index (Phi) is 6.35. The second-order valence-corrected chi connectivity index (χ2v) is 7.17. The molecule has 0 bridgehead atoms. The van der Waals surface area contributed by atoms with Gasteiger partial charge in [0.15, 0.2) is 0 Å². The molecule has 0 radical (unpaired) electrons. The first kappa shape index (κ1) is 21.0. The summed E-state index contributed by atoms with van der Waals surface area (Å²) >= 11 is 12.3. The standard InChI is InChI=1S/C21H20Cl2N2O4/c1-4-9-25-20(26)18(14-7-5-12(22)10-15(14)23)19(21(25)27)24-16-8-6-13(28-2)11-17(16)29-3/h5-8,10-11,24H,4,9H2,1-3H3. The third-order valence-electron chi connectivity index (χ3n) is 4.48. The normalized spacial score (nSPS) is 13.9. The van der Waals surface area contributed by atoms with Crippen molar-refractivity contribution in [3.8, 4) is 11.5 Å². The molecule has 0 aromatic heterocycles. The Morgan fingerprint density at radius 1 is 1.00 bits per heavy atom. The van der Waals surface area contributed by atoms with Crippen LogP contribution in [0.25, 0.3) is 5.57 Å². The van der Waals surface area contributed by atoms with Crippen molar-refractivity contribution in [1.29, 1.82) is 0 Å². The number of ether oxygens (including phenoxy) is 2. The van der Waals surface area contributed by atoms with Crippen molar-refractivity contribution in [2.24, 2.45) is 0 Å². The van der Waals surface area contributed by atoms with Crippen molar-refractivity contribution in [3.63, 3.8) is 0 Å². The van der Waals surface area contributed by atoms with Crippen LogP contribution in [0.2, 0.25) is 10.0 Å². The van der Waals surface area contributed by atoms with Crippen LogP contribution in [-0.4, -0.2) is 37.5 Å². The van der Waals surface area contributed by atoms with Gasteiger partial charge in [0, 0.05) is 23.2 Å². The van der Waals surface area contributed by atoms with Gasteiger partial charge < -0.3 is 14.8 Å². The summed E-state index contributed by atoms with van der Waals surface area (Å²) in [6, 6.07) is 9.92. The Hall–Kier alpha value is -2.70. The van der Waals surface area contributed by atoms with Crippen LogP contribution in [0, 0.1) is 0 Å². The van der Waals surface area contributed by atoms with Gasteiger partial charge in [-0.3, -0.25) is 14.5 Å². The number of halogens is 2. The largest absolute Gasteiger partial charge is 0.497 e. The zero-order valence-electron chi connectivity index (χ0n) is 16.2. The molecule has 1 heterocycles. The summed E-state index contributed by atoms with van der Waals surface area (Å²) in [7, 11) is 3.06. The van der Waals surface area contributed by atoms with Crippen molar-refractivity contribution < 1.29 is 19.1 Å². The van der Waals surface area contributed by atoms with E-state index in [0.717, 1.165) is 0 Å². The first-order chi connectivity index (χ1) is 13.9. The maximum atomic E-state index is 13.1. The first-order valence-corrected chi connectivity index (χ1v) is 9.71. The predicted octanol–water partition coefficient (Wildman–Crippen LogP) is 4.61. The van der Waals surface area contributed by atoms with E-state index in [0.29, 0.717) is 40.7 Å². The number of benzene rings is 2. The second kappa shape index (κ2) is 8.76. The fourth-order valence-corrected chi connectivity index (χ4v) is 3.60. The number of nitrogens with one attached hydrogen (secondary N) is 1. The monoisotopic (exact) mass is 434 g/mol. The van der Waals surface area contributed by atoms with E-state index in [4.69, 9.17) is 32.7 Å². The molecule has 0 atom stereocenters. The number of hydrogen-bond donors (Lipinski definition) is 1. The summed E-state index contributed by atoms with van der Waals surface area (Å²) in [5.41, 5.74) is 1.28. The van der Waals surface area contributed by atoms with Crippen molar-refractivity contribution in [1.82, 2.24) is 4.90 Å². The SMILES string of the molecule is CCCN1C(=O)C(Nc2ccc(OC)cc2OC)=C(c2ccc(Cl)cc2Cl)C1=O. The molecular formula is C21H20Cl2N2O4. The van der Waals surface area contributed by atoms with E-state index in [1.165, 1.54) is 18.1 Å². The Balaban J connectivity index is 2.13. The second-order valence-electron chi connectivity index (χ2n) is 6.33. The lowest BCUT2D eigenvalue weighted by Crippen LogP contribution is -2.33. The van der Waals surface area contributed by atoms with Crippen LogP contribution in [0.1, 0.15) is 18.9 Å². The summed E-state index contributed by atoms with van der Waals surface area (Å²) in [4.78, 5) is 27.3. The minimum atomic E-state index is -0.421. The summed E-state index contributed by atoms with van der Waals surface area (Å²) in [5, 5.41) is 3.79. The molecule has 6 nitrogen and oxygen atoms in total. The molecule has 1 aliphatic rings. The molecule has 0 unspecified atom stereocenters. The van der Waals surface area contributed by atoms with Gasteiger partial charge in [0.2, 0.25) is 0 Å². The molecule has 0 fully saturated rings. The number of anilines is 1. The summed E-state index contributed by atoms with van der Waals surface area (Å²) in [5.74, 6) is 0.239. The van der Waals surface area contributed by atoms with Crippen LogP contribution in [0.15, 0.2) is 42.1 Å². The maximum Gasteiger partial charge on any atom is 0.278 e. The molecule has 0 saturated carbocycles. The lowest BCUT2D eigenvalue weighted by atomic mass is 10.0. The van der Waals surface area contributed by atoms with E-state index >= 15 is 0 Å². The average molecular weight is 435 g/mol. The molecule has 0 saturated heterocycles. The van der Waals surface area contributed by atoms with Gasteiger partial charge in [-0.1, -0.05) is 36.2 Å². The van der Waals surface area contributed by atoms with E-state index in [1.807, 2.05) is 6.92 Å². The third kappa shape index (κ3) is 4.04. The molecule has 0 spiro atoms. The maximum absolute atomic E-state index is 13.1. The van der Waals surface area contributed by atoms with Crippen LogP contribution < -0.4 is 14.8 Å². The fourth-order valence-electron chi connectivity index (χ4n) is 3.10. The minimum Gasteiger partial charge on any atom is -0.497 e. The average Bonchev–Trinajstić information content (AvgIpc) is 2.93. The Morgan fingerprint density at radius 3 is 2.38 bits per heavy atom. The molecular weight excluding hydrogens is 415 g/mol. The fraction of sp³-hybridized carbons (Fsp3) is 0.238. The minimum absolute atomic E-state index is 0.135. The molecule has 1 aliphatic heterocycles. The number of hydrogen-bond acceptors (Lipinski definition) is 5. The van der Waals surface area contributed by atoms with Crippen molar-refractivity contribution in [3.05, 3.63) is 57.7 Å². The molecule has 2 aromatic rings.